The van der Waals surface area contributed by atoms with E-state index in [1.807, 2.05) is 0 Å². The first-order valence-corrected chi connectivity index (χ1v) is 7.85. The molecule has 0 heterocycles. The van der Waals surface area contributed by atoms with E-state index in [1.54, 1.807) is 42.5 Å². The van der Waals surface area contributed by atoms with Crippen molar-refractivity contribution in [3.05, 3.63) is 58.1 Å². The highest BCUT2D eigenvalue weighted by Crippen LogP contribution is 2.29. The van der Waals surface area contributed by atoms with Gasteiger partial charge in [-0.25, -0.2) is 0 Å². The summed E-state index contributed by atoms with van der Waals surface area (Å²) in [6.45, 7) is 2.79. The van der Waals surface area contributed by atoms with Crippen LogP contribution in [0.4, 0.5) is 5.69 Å². The lowest BCUT2D eigenvalue weighted by atomic mass is 10.2. The van der Waals surface area contributed by atoms with Crippen LogP contribution < -0.4 is 10.1 Å². The Morgan fingerprint density at radius 1 is 1.14 bits per heavy atom. The highest BCUT2D eigenvalue weighted by atomic mass is 35.5. The third-order valence-corrected chi connectivity index (χ3v) is 3.90. The minimum Gasteiger partial charge on any atom is -0.494 e. The summed E-state index contributed by atoms with van der Waals surface area (Å²) in [7, 11) is 0. The predicted octanol–water partition coefficient (Wildman–Crippen LogP) is 5.42. The summed E-state index contributed by atoms with van der Waals surface area (Å²) >= 11 is 12.0. The lowest BCUT2D eigenvalue weighted by Crippen LogP contribution is -2.12. The molecule has 0 saturated heterocycles. The molecule has 116 valence electrons. The van der Waals surface area contributed by atoms with Gasteiger partial charge in [0, 0.05) is 5.56 Å². The fourth-order valence-electron chi connectivity index (χ4n) is 1.83. The number of amides is 1. The maximum absolute atomic E-state index is 12.2. The van der Waals surface area contributed by atoms with Gasteiger partial charge in [-0.1, -0.05) is 42.6 Å². The average molecular weight is 338 g/mol. The van der Waals surface area contributed by atoms with E-state index in [0.29, 0.717) is 27.9 Å². The Morgan fingerprint density at radius 2 is 1.86 bits per heavy atom. The molecule has 3 nitrogen and oxygen atoms in total. The molecule has 22 heavy (non-hydrogen) atoms. The molecular weight excluding hydrogens is 321 g/mol. The maximum atomic E-state index is 12.2. The minimum atomic E-state index is -0.246. The molecule has 5 heteroatoms. The summed E-state index contributed by atoms with van der Waals surface area (Å²) in [4.78, 5) is 12.2. The quantitative estimate of drug-likeness (QED) is 0.714. The molecule has 0 saturated carbocycles. The zero-order valence-corrected chi connectivity index (χ0v) is 13.7. The van der Waals surface area contributed by atoms with Crippen LogP contribution in [-0.4, -0.2) is 12.5 Å². The fraction of sp³-hybridized carbons (Fsp3) is 0.235. The molecule has 0 aliphatic rings. The van der Waals surface area contributed by atoms with Crippen molar-refractivity contribution < 1.29 is 9.53 Å². The Bertz CT molecular complexity index is 642. The molecule has 1 amide bonds. The van der Waals surface area contributed by atoms with E-state index in [0.717, 1.165) is 18.6 Å². The number of unbranched alkanes of at least 4 members (excludes halogenated alkanes) is 1. The topological polar surface area (TPSA) is 38.3 Å². The van der Waals surface area contributed by atoms with Gasteiger partial charge in [0.1, 0.15) is 5.75 Å². The van der Waals surface area contributed by atoms with Crippen LogP contribution in [0.1, 0.15) is 30.1 Å². The fourth-order valence-corrected chi connectivity index (χ4v) is 2.18. The largest absolute Gasteiger partial charge is 0.494 e. The second-order valence-electron chi connectivity index (χ2n) is 4.78. The van der Waals surface area contributed by atoms with Gasteiger partial charge in [-0.05, 0) is 42.8 Å². The molecule has 0 spiro atoms. The van der Waals surface area contributed by atoms with E-state index in [9.17, 15) is 4.79 Å². The Labute approximate surface area is 140 Å². The smallest absolute Gasteiger partial charge is 0.255 e. The minimum absolute atomic E-state index is 0.246. The van der Waals surface area contributed by atoms with Crippen LogP contribution in [0.2, 0.25) is 10.0 Å². The Balaban J connectivity index is 2.02. The van der Waals surface area contributed by atoms with Gasteiger partial charge in [-0.15, -0.1) is 0 Å². The number of anilines is 1. The number of carbonyl (C=O) groups excluding carboxylic acids is 1. The molecule has 0 radical (unpaired) electrons. The summed E-state index contributed by atoms with van der Waals surface area (Å²) in [5.41, 5.74) is 1.02. The van der Waals surface area contributed by atoms with Crippen molar-refractivity contribution >= 4 is 34.8 Å². The van der Waals surface area contributed by atoms with Crippen molar-refractivity contribution in [1.82, 2.24) is 0 Å². The second-order valence-corrected chi connectivity index (χ2v) is 5.57. The first kappa shape index (κ1) is 16.7. The number of hydrogen-bond donors (Lipinski definition) is 1. The van der Waals surface area contributed by atoms with Gasteiger partial charge >= 0.3 is 0 Å². The van der Waals surface area contributed by atoms with Gasteiger partial charge in [-0.2, -0.15) is 0 Å². The average Bonchev–Trinajstić information content (AvgIpc) is 2.53. The molecule has 0 aliphatic heterocycles. The Morgan fingerprint density at radius 3 is 2.55 bits per heavy atom. The number of carbonyl (C=O) groups is 1. The number of rotatable bonds is 6. The molecule has 1 N–H and O–H groups in total. The highest BCUT2D eigenvalue weighted by Gasteiger charge is 2.10. The highest BCUT2D eigenvalue weighted by molar-refractivity contribution is 6.44. The van der Waals surface area contributed by atoms with E-state index >= 15 is 0 Å². The summed E-state index contributed by atoms with van der Waals surface area (Å²) in [5, 5.41) is 3.48. The number of halogens is 2. The van der Waals surface area contributed by atoms with E-state index in [-0.39, 0.29) is 5.91 Å². The van der Waals surface area contributed by atoms with Crippen LogP contribution in [0.3, 0.4) is 0 Å². The third-order valence-electron chi connectivity index (χ3n) is 3.08. The summed E-state index contributed by atoms with van der Waals surface area (Å²) in [6.07, 6.45) is 2.09. The van der Waals surface area contributed by atoms with Gasteiger partial charge in [0.25, 0.3) is 5.91 Å². The van der Waals surface area contributed by atoms with Crippen LogP contribution in [0.5, 0.6) is 5.75 Å². The van der Waals surface area contributed by atoms with E-state index in [4.69, 9.17) is 27.9 Å². The lowest BCUT2D eigenvalue weighted by molar-refractivity contribution is 0.102. The van der Waals surface area contributed by atoms with Crippen LogP contribution in [0, 0.1) is 0 Å². The van der Waals surface area contributed by atoms with Crippen molar-refractivity contribution in [3.8, 4) is 5.75 Å². The molecule has 2 aromatic rings. The van der Waals surface area contributed by atoms with Gasteiger partial charge < -0.3 is 10.1 Å². The van der Waals surface area contributed by atoms with Crippen molar-refractivity contribution in [3.63, 3.8) is 0 Å². The van der Waals surface area contributed by atoms with Gasteiger partial charge in [0.15, 0.2) is 0 Å². The number of ether oxygens (including phenoxy) is 1. The summed E-state index contributed by atoms with van der Waals surface area (Å²) in [5.74, 6) is 0.509. The summed E-state index contributed by atoms with van der Waals surface area (Å²) < 4.78 is 5.56. The molecule has 2 rings (SSSR count). The molecule has 0 fully saturated rings. The monoisotopic (exact) mass is 337 g/mol. The predicted molar refractivity (Wildman–Crippen MR) is 91.3 cm³/mol. The van der Waals surface area contributed by atoms with Gasteiger partial charge in [-0.3, -0.25) is 4.79 Å². The molecule has 0 bridgehead atoms. The van der Waals surface area contributed by atoms with Crippen LogP contribution in [-0.2, 0) is 0 Å². The molecule has 2 aromatic carbocycles. The third kappa shape index (κ3) is 4.39. The first-order chi connectivity index (χ1) is 10.6. The lowest BCUT2D eigenvalue weighted by Gasteiger charge is -2.09. The SMILES string of the molecule is CCCCOc1ccc(C(=O)Nc2cccc(Cl)c2Cl)cc1. The molecule has 0 atom stereocenters. The zero-order valence-electron chi connectivity index (χ0n) is 12.2. The molecule has 0 unspecified atom stereocenters. The molecule has 0 aromatic heterocycles. The van der Waals surface area contributed by atoms with Gasteiger partial charge in [0.2, 0.25) is 0 Å². The summed E-state index contributed by atoms with van der Waals surface area (Å²) in [6, 6.07) is 12.1. The van der Waals surface area contributed by atoms with Crippen LogP contribution in [0.25, 0.3) is 0 Å². The standard InChI is InChI=1S/C17H17Cl2NO2/c1-2-3-11-22-13-9-7-12(8-10-13)17(21)20-15-6-4-5-14(18)16(15)19/h4-10H,2-3,11H2,1H3,(H,20,21). The normalized spacial score (nSPS) is 10.3. The first-order valence-electron chi connectivity index (χ1n) is 7.10. The zero-order chi connectivity index (χ0) is 15.9. The number of nitrogens with one attached hydrogen (secondary N) is 1. The van der Waals surface area contributed by atoms with Crippen molar-refractivity contribution in [1.29, 1.82) is 0 Å². The van der Waals surface area contributed by atoms with Crippen molar-refractivity contribution in [2.24, 2.45) is 0 Å². The molecular formula is C17H17Cl2NO2. The van der Waals surface area contributed by atoms with E-state index in [2.05, 4.69) is 12.2 Å². The Hall–Kier alpha value is -1.71. The Kier molecular flexibility index (Phi) is 6.10. The van der Waals surface area contributed by atoms with E-state index in [1.165, 1.54) is 0 Å². The number of benzene rings is 2. The molecule has 0 aliphatic carbocycles. The van der Waals surface area contributed by atoms with Crippen molar-refractivity contribution in [2.45, 2.75) is 19.8 Å². The second kappa shape index (κ2) is 8.06. The maximum Gasteiger partial charge on any atom is 0.255 e. The van der Waals surface area contributed by atoms with Crippen LogP contribution in [0.15, 0.2) is 42.5 Å². The van der Waals surface area contributed by atoms with E-state index < -0.39 is 0 Å². The van der Waals surface area contributed by atoms with Gasteiger partial charge in [0.05, 0.1) is 22.3 Å². The van der Waals surface area contributed by atoms with Crippen molar-refractivity contribution in [2.75, 3.05) is 11.9 Å². The van der Waals surface area contributed by atoms with Crippen LogP contribution >= 0.6 is 23.2 Å². The number of hydrogen-bond acceptors (Lipinski definition) is 2.